The molecule has 3 aliphatic rings. The molecule has 1 saturated carbocycles. The standard InChI is InChI=1S/C24H21F2N3O/c1-13-6-7-14-4-2-3-5-20(14)28(13)24(30)22-18-11-15-10-17(15)23(18)29(27-22)21-9-8-16(25)12-19(21)26/h2-5,8-9,12-13,15,17H,6-7,10-11H2,1H3/t13?,15-,17-/m1/s1. The van der Waals surface area contributed by atoms with Crippen molar-refractivity contribution in [3.05, 3.63) is 76.6 Å². The van der Waals surface area contributed by atoms with E-state index < -0.39 is 11.6 Å². The molecular weight excluding hydrogens is 384 g/mol. The lowest BCUT2D eigenvalue weighted by atomic mass is 9.96. The van der Waals surface area contributed by atoms with Gasteiger partial charge in [-0.15, -0.1) is 0 Å². The number of carbonyl (C=O) groups is 1. The highest BCUT2D eigenvalue weighted by Crippen LogP contribution is 2.57. The largest absolute Gasteiger partial charge is 0.304 e. The van der Waals surface area contributed by atoms with Crippen LogP contribution in [0.4, 0.5) is 14.5 Å². The highest BCUT2D eigenvalue weighted by Gasteiger charge is 2.51. The van der Waals surface area contributed by atoms with Crippen molar-refractivity contribution < 1.29 is 13.6 Å². The van der Waals surface area contributed by atoms with Gasteiger partial charge in [0.15, 0.2) is 11.5 Å². The second-order valence-electron chi connectivity index (χ2n) is 8.72. The molecule has 2 heterocycles. The first-order chi connectivity index (χ1) is 14.5. The maximum Gasteiger partial charge on any atom is 0.279 e. The Morgan fingerprint density at radius 1 is 1.13 bits per heavy atom. The lowest BCUT2D eigenvalue weighted by Gasteiger charge is -2.35. The number of hydrogen-bond acceptors (Lipinski definition) is 2. The van der Waals surface area contributed by atoms with Crippen LogP contribution in [0.2, 0.25) is 0 Å². The summed E-state index contributed by atoms with van der Waals surface area (Å²) in [7, 11) is 0. The van der Waals surface area contributed by atoms with Crippen LogP contribution in [-0.2, 0) is 12.8 Å². The van der Waals surface area contributed by atoms with E-state index in [-0.39, 0.29) is 17.6 Å². The Balaban J connectivity index is 1.49. The van der Waals surface area contributed by atoms with Crippen LogP contribution in [0.3, 0.4) is 0 Å². The molecule has 1 aromatic heterocycles. The van der Waals surface area contributed by atoms with E-state index in [2.05, 4.69) is 18.1 Å². The van der Waals surface area contributed by atoms with E-state index >= 15 is 0 Å². The Kier molecular flexibility index (Phi) is 3.70. The Bertz CT molecular complexity index is 1200. The topological polar surface area (TPSA) is 38.1 Å². The van der Waals surface area contributed by atoms with Crippen molar-refractivity contribution in [3.8, 4) is 5.69 Å². The Labute approximate surface area is 173 Å². The lowest BCUT2D eigenvalue weighted by molar-refractivity contribution is 0.0969. The van der Waals surface area contributed by atoms with Crippen molar-refractivity contribution in [1.82, 2.24) is 9.78 Å². The zero-order chi connectivity index (χ0) is 20.6. The number of benzene rings is 2. The first kappa shape index (κ1) is 17.8. The van der Waals surface area contributed by atoms with Crippen molar-refractivity contribution in [2.24, 2.45) is 5.92 Å². The first-order valence-electron chi connectivity index (χ1n) is 10.5. The van der Waals surface area contributed by atoms with Crippen LogP contribution in [-0.4, -0.2) is 21.7 Å². The predicted molar refractivity (Wildman–Crippen MR) is 109 cm³/mol. The highest BCUT2D eigenvalue weighted by molar-refractivity contribution is 6.07. The molecule has 1 aliphatic heterocycles. The number of aromatic nitrogens is 2. The molecule has 2 aromatic carbocycles. The number of fused-ring (bicyclic) bond motifs is 4. The fourth-order valence-electron chi connectivity index (χ4n) is 5.24. The molecule has 0 radical (unpaired) electrons. The van der Waals surface area contributed by atoms with Gasteiger partial charge in [0, 0.05) is 29.3 Å². The van der Waals surface area contributed by atoms with E-state index in [1.54, 1.807) is 4.68 Å². The summed E-state index contributed by atoms with van der Waals surface area (Å²) in [5.41, 5.74) is 4.55. The molecule has 6 rings (SSSR count). The van der Waals surface area contributed by atoms with E-state index in [1.165, 1.54) is 12.1 Å². The summed E-state index contributed by atoms with van der Waals surface area (Å²) in [5.74, 6) is -0.608. The van der Waals surface area contributed by atoms with Crippen LogP contribution in [0.25, 0.3) is 5.69 Å². The average Bonchev–Trinajstić information content (AvgIpc) is 3.23. The van der Waals surface area contributed by atoms with E-state index in [9.17, 15) is 13.6 Å². The maximum atomic E-state index is 14.6. The van der Waals surface area contributed by atoms with Crippen molar-refractivity contribution in [3.63, 3.8) is 0 Å². The molecule has 1 fully saturated rings. The summed E-state index contributed by atoms with van der Waals surface area (Å²) in [5, 5.41) is 4.62. The van der Waals surface area contributed by atoms with Gasteiger partial charge in [0.25, 0.3) is 5.91 Å². The molecular formula is C24H21F2N3O. The number of nitrogens with zero attached hydrogens (tertiary/aromatic N) is 3. The fraction of sp³-hybridized carbons (Fsp3) is 0.333. The summed E-state index contributed by atoms with van der Waals surface area (Å²) >= 11 is 0. The van der Waals surface area contributed by atoms with Gasteiger partial charge < -0.3 is 4.90 Å². The van der Waals surface area contributed by atoms with E-state index in [1.807, 2.05) is 23.1 Å². The van der Waals surface area contributed by atoms with Crippen LogP contribution in [0, 0.1) is 17.6 Å². The molecule has 0 spiro atoms. The van der Waals surface area contributed by atoms with Gasteiger partial charge in [-0.2, -0.15) is 5.10 Å². The highest BCUT2D eigenvalue weighted by atomic mass is 19.1. The lowest BCUT2D eigenvalue weighted by Crippen LogP contribution is -2.42. The molecule has 2 aliphatic carbocycles. The SMILES string of the molecule is CC1CCc2ccccc2N1C(=O)c1nn(-c2ccc(F)cc2F)c2c1C[C@H]1C[C@@H]21. The van der Waals surface area contributed by atoms with Gasteiger partial charge in [-0.3, -0.25) is 4.79 Å². The van der Waals surface area contributed by atoms with Crippen molar-refractivity contribution in [2.45, 2.75) is 44.6 Å². The molecule has 3 aromatic rings. The van der Waals surface area contributed by atoms with Gasteiger partial charge >= 0.3 is 0 Å². The van der Waals surface area contributed by atoms with Crippen molar-refractivity contribution in [2.75, 3.05) is 4.90 Å². The van der Waals surface area contributed by atoms with Crippen LogP contribution < -0.4 is 4.90 Å². The number of aryl methyl sites for hydroxylation is 1. The molecule has 1 amide bonds. The number of halogens is 2. The Hall–Kier alpha value is -3.02. The molecule has 0 N–H and O–H groups in total. The smallest absolute Gasteiger partial charge is 0.279 e. The quantitative estimate of drug-likeness (QED) is 0.615. The molecule has 6 heteroatoms. The van der Waals surface area contributed by atoms with Gasteiger partial charge in [0.2, 0.25) is 0 Å². The summed E-state index contributed by atoms with van der Waals surface area (Å²) in [6, 6.07) is 11.6. The Morgan fingerprint density at radius 3 is 2.80 bits per heavy atom. The zero-order valence-corrected chi connectivity index (χ0v) is 16.6. The molecule has 3 atom stereocenters. The number of amides is 1. The molecule has 4 nitrogen and oxygen atoms in total. The summed E-state index contributed by atoms with van der Waals surface area (Å²) in [6.45, 7) is 2.06. The van der Waals surface area contributed by atoms with Crippen molar-refractivity contribution in [1.29, 1.82) is 0 Å². The number of anilines is 1. The van der Waals surface area contributed by atoms with Crippen LogP contribution in [0.5, 0.6) is 0 Å². The zero-order valence-electron chi connectivity index (χ0n) is 16.6. The van der Waals surface area contributed by atoms with Gasteiger partial charge in [0.1, 0.15) is 11.5 Å². The Morgan fingerprint density at radius 2 is 1.97 bits per heavy atom. The van der Waals surface area contributed by atoms with Gasteiger partial charge in [-0.25, -0.2) is 13.5 Å². The number of rotatable bonds is 2. The molecule has 0 saturated heterocycles. The minimum atomic E-state index is -0.667. The number of carbonyl (C=O) groups excluding carboxylic acids is 1. The van der Waals surface area contributed by atoms with E-state index in [0.717, 1.165) is 54.3 Å². The van der Waals surface area contributed by atoms with Crippen LogP contribution in [0.1, 0.15) is 53.0 Å². The summed E-state index contributed by atoms with van der Waals surface area (Å²) in [4.78, 5) is 15.6. The minimum absolute atomic E-state index is 0.0618. The van der Waals surface area contributed by atoms with Crippen LogP contribution >= 0.6 is 0 Å². The first-order valence-corrected chi connectivity index (χ1v) is 10.5. The second-order valence-corrected chi connectivity index (χ2v) is 8.72. The maximum absolute atomic E-state index is 14.6. The predicted octanol–water partition coefficient (Wildman–Crippen LogP) is 4.79. The number of para-hydroxylation sites is 1. The average molecular weight is 405 g/mol. The van der Waals surface area contributed by atoms with Crippen LogP contribution in [0.15, 0.2) is 42.5 Å². The van der Waals surface area contributed by atoms with E-state index in [0.29, 0.717) is 17.5 Å². The normalized spacial score (nSPS) is 23.7. The monoisotopic (exact) mass is 405 g/mol. The molecule has 152 valence electrons. The molecule has 0 bridgehead atoms. The molecule has 30 heavy (non-hydrogen) atoms. The summed E-state index contributed by atoms with van der Waals surface area (Å²) in [6.07, 6.45) is 3.67. The third-order valence-corrected chi connectivity index (χ3v) is 6.85. The number of hydrogen-bond donors (Lipinski definition) is 0. The molecule has 1 unspecified atom stereocenters. The summed E-state index contributed by atoms with van der Waals surface area (Å²) < 4.78 is 29.6. The minimum Gasteiger partial charge on any atom is -0.304 e. The van der Waals surface area contributed by atoms with Gasteiger partial charge in [-0.1, -0.05) is 18.2 Å². The van der Waals surface area contributed by atoms with Gasteiger partial charge in [0.05, 0.1) is 5.69 Å². The third-order valence-electron chi connectivity index (χ3n) is 6.85. The van der Waals surface area contributed by atoms with Crippen molar-refractivity contribution >= 4 is 11.6 Å². The fourth-order valence-corrected chi connectivity index (χ4v) is 5.24. The van der Waals surface area contributed by atoms with E-state index in [4.69, 9.17) is 0 Å². The third kappa shape index (κ3) is 2.49. The second kappa shape index (κ2) is 6.24. The van der Waals surface area contributed by atoms with Gasteiger partial charge in [-0.05, 0) is 62.3 Å².